The molecule has 25 heavy (non-hydrogen) atoms. The van der Waals surface area contributed by atoms with E-state index in [4.69, 9.17) is 14.1 Å². The molecule has 2 heterocycles. The largest absolute Gasteiger partial charge is 0.482 e. The summed E-state index contributed by atoms with van der Waals surface area (Å²) in [7, 11) is 0. The van der Waals surface area contributed by atoms with E-state index in [0.717, 1.165) is 38.7 Å². The summed E-state index contributed by atoms with van der Waals surface area (Å²) in [6.45, 7) is 4.12. The number of hydrogen-bond donors (Lipinski definition) is 0. The third-order valence-corrected chi connectivity index (χ3v) is 4.58. The fourth-order valence-electron chi connectivity index (χ4n) is 3.37. The molecule has 3 aromatic carbocycles. The van der Waals surface area contributed by atoms with Crippen LogP contribution in [0.3, 0.4) is 0 Å². The monoisotopic (exact) mass is 327 g/mol. The first-order chi connectivity index (χ1) is 12.1. The molecule has 0 fully saturated rings. The summed E-state index contributed by atoms with van der Waals surface area (Å²) in [5.74, 6) is 1.51. The first-order valence-corrected chi connectivity index (χ1v) is 8.41. The molecule has 1 aromatic heterocycles. The fraction of sp³-hybridized carbons (Fsp3) is 0.136. The van der Waals surface area contributed by atoms with Crippen molar-refractivity contribution in [3.8, 4) is 17.2 Å². The molecule has 0 saturated heterocycles. The number of ether oxygens (including phenoxy) is 1. The Balaban J connectivity index is 1.89. The molecular weight excluding hydrogens is 310 g/mol. The summed E-state index contributed by atoms with van der Waals surface area (Å²) in [5, 5.41) is 2.08. The second kappa shape index (κ2) is 4.96. The number of aromatic nitrogens is 1. The number of fused-ring (bicyclic) bond motifs is 6. The van der Waals surface area contributed by atoms with Crippen LogP contribution in [0.25, 0.3) is 39.4 Å². The molecule has 0 unspecified atom stereocenters. The van der Waals surface area contributed by atoms with Crippen molar-refractivity contribution in [3.05, 3.63) is 66.2 Å². The summed E-state index contributed by atoms with van der Waals surface area (Å²) < 4.78 is 12.5. The SMILES string of the molecule is CC1(C)C=Cc2c(c3ccccc3c3oc(-c4ccccc4)nc23)O1. The van der Waals surface area contributed by atoms with Crippen molar-refractivity contribution in [2.75, 3.05) is 0 Å². The molecule has 0 aliphatic carbocycles. The Bertz CT molecular complexity index is 1140. The molecule has 0 radical (unpaired) electrons. The zero-order chi connectivity index (χ0) is 17.0. The topological polar surface area (TPSA) is 35.3 Å². The van der Waals surface area contributed by atoms with E-state index in [2.05, 4.69) is 38.1 Å². The van der Waals surface area contributed by atoms with Gasteiger partial charge in [0.2, 0.25) is 5.89 Å². The van der Waals surface area contributed by atoms with Crippen LogP contribution in [0.4, 0.5) is 0 Å². The van der Waals surface area contributed by atoms with Gasteiger partial charge in [0.05, 0.1) is 0 Å². The van der Waals surface area contributed by atoms with Crippen LogP contribution in [0, 0.1) is 0 Å². The summed E-state index contributed by atoms with van der Waals surface area (Å²) in [4.78, 5) is 4.80. The third-order valence-electron chi connectivity index (χ3n) is 4.58. The maximum atomic E-state index is 6.29. The highest BCUT2D eigenvalue weighted by molar-refractivity contribution is 6.11. The number of oxazole rings is 1. The van der Waals surface area contributed by atoms with E-state index in [0.29, 0.717) is 5.89 Å². The zero-order valence-electron chi connectivity index (χ0n) is 14.1. The molecule has 1 aliphatic heterocycles. The van der Waals surface area contributed by atoms with Crippen LogP contribution in [0.2, 0.25) is 0 Å². The summed E-state index contributed by atoms with van der Waals surface area (Å²) >= 11 is 0. The molecule has 0 saturated carbocycles. The van der Waals surface area contributed by atoms with E-state index in [1.54, 1.807) is 0 Å². The van der Waals surface area contributed by atoms with E-state index in [1.165, 1.54) is 0 Å². The maximum absolute atomic E-state index is 6.29. The van der Waals surface area contributed by atoms with Crippen LogP contribution in [0.15, 0.2) is 65.1 Å². The van der Waals surface area contributed by atoms with Crippen molar-refractivity contribution in [1.82, 2.24) is 4.98 Å². The Kier molecular flexibility index (Phi) is 2.84. The Labute approximate surface area is 145 Å². The molecule has 4 aromatic rings. The van der Waals surface area contributed by atoms with Crippen LogP contribution < -0.4 is 4.74 Å². The van der Waals surface area contributed by atoms with E-state index in [9.17, 15) is 0 Å². The van der Waals surface area contributed by atoms with Gasteiger partial charge in [0.25, 0.3) is 0 Å². The second-order valence-corrected chi connectivity index (χ2v) is 6.89. The average molecular weight is 327 g/mol. The van der Waals surface area contributed by atoms with Gasteiger partial charge in [0.15, 0.2) is 5.58 Å². The summed E-state index contributed by atoms with van der Waals surface area (Å²) in [6, 6.07) is 18.2. The van der Waals surface area contributed by atoms with E-state index in [-0.39, 0.29) is 5.60 Å². The van der Waals surface area contributed by atoms with Gasteiger partial charge in [-0.05, 0) is 38.1 Å². The third kappa shape index (κ3) is 2.16. The van der Waals surface area contributed by atoms with Crippen molar-refractivity contribution in [3.63, 3.8) is 0 Å². The van der Waals surface area contributed by atoms with E-state index >= 15 is 0 Å². The van der Waals surface area contributed by atoms with Gasteiger partial charge >= 0.3 is 0 Å². The quantitative estimate of drug-likeness (QED) is 0.441. The lowest BCUT2D eigenvalue weighted by Gasteiger charge is -2.28. The standard InChI is InChI=1S/C22H17NO2/c1-22(2)13-12-17-18-20(16-11-7-6-10-15(16)19(17)25-22)24-21(23-18)14-8-4-3-5-9-14/h3-13H,1-2H3. The van der Waals surface area contributed by atoms with Gasteiger partial charge in [0.1, 0.15) is 16.9 Å². The Hall–Kier alpha value is -3.07. The molecule has 3 heteroatoms. The molecule has 0 N–H and O–H groups in total. The molecule has 3 nitrogen and oxygen atoms in total. The van der Waals surface area contributed by atoms with Crippen LogP contribution in [0.5, 0.6) is 5.75 Å². The minimum Gasteiger partial charge on any atom is -0.482 e. The lowest BCUT2D eigenvalue weighted by Crippen LogP contribution is -2.27. The van der Waals surface area contributed by atoms with Crippen LogP contribution in [-0.4, -0.2) is 10.6 Å². The highest BCUT2D eigenvalue weighted by Crippen LogP contribution is 2.43. The zero-order valence-corrected chi connectivity index (χ0v) is 14.1. The van der Waals surface area contributed by atoms with Gasteiger partial charge in [0, 0.05) is 21.9 Å². The van der Waals surface area contributed by atoms with Crippen molar-refractivity contribution in [2.24, 2.45) is 0 Å². The molecular formula is C22H17NO2. The molecule has 0 spiro atoms. The van der Waals surface area contributed by atoms with Gasteiger partial charge in [-0.25, -0.2) is 4.98 Å². The lowest BCUT2D eigenvalue weighted by molar-refractivity contribution is 0.162. The maximum Gasteiger partial charge on any atom is 0.227 e. The minimum atomic E-state index is -0.338. The van der Waals surface area contributed by atoms with Crippen LogP contribution in [-0.2, 0) is 0 Å². The van der Waals surface area contributed by atoms with Crippen molar-refractivity contribution in [2.45, 2.75) is 19.4 Å². The van der Waals surface area contributed by atoms with E-state index in [1.807, 2.05) is 42.5 Å². The first-order valence-electron chi connectivity index (χ1n) is 8.41. The highest BCUT2D eigenvalue weighted by Gasteiger charge is 2.27. The van der Waals surface area contributed by atoms with Gasteiger partial charge in [-0.15, -0.1) is 0 Å². The lowest BCUT2D eigenvalue weighted by atomic mass is 9.97. The normalized spacial score (nSPS) is 15.3. The van der Waals surface area contributed by atoms with Crippen LogP contribution >= 0.6 is 0 Å². The van der Waals surface area contributed by atoms with Crippen molar-refractivity contribution < 1.29 is 9.15 Å². The second-order valence-electron chi connectivity index (χ2n) is 6.89. The van der Waals surface area contributed by atoms with Crippen LogP contribution in [0.1, 0.15) is 19.4 Å². The molecule has 1 aliphatic rings. The Morgan fingerprint density at radius 3 is 2.40 bits per heavy atom. The molecule has 5 rings (SSSR count). The highest BCUT2D eigenvalue weighted by atomic mass is 16.5. The number of hydrogen-bond acceptors (Lipinski definition) is 3. The molecule has 0 bridgehead atoms. The number of rotatable bonds is 1. The van der Waals surface area contributed by atoms with Crippen molar-refractivity contribution in [1.29, 1.82) is 0 Å². The molecule has 0 amide bonds. The first kappa shape index (κ1) is 14.3. The predicted octanol–water partition coefficient (Wildman–Crippen LogP) is 5.83. The molecule has 122 valence electrons. The number of nitrogens with zero attached hydrogens (tertiary/aromatic N) is 1. The van der Waals surface area contributed by atoms with Crippen molar-refractivity contribution >= 4 is 27.9 Å². The summed E-state index contributed by atoms with van der Waals surface area (Å²) in [5.41, 5.74) is 3.27. The Morgan fingerprint density at radius 2 is 1.60 bits per heavy atom. The van der Waals surface area contributed by atoms with E-state index < -0.39 is 0 Å². The summed E-state index contributed by atoms with van der Waals surface area (Å²) in [6.07, 6.45) is 4.17. The fourth-order valence-corrected chi connectivity index (χ4v) is 3.37. The molecule has 0 atom stereocenters. The average Bonchev–Trinajstić information content (AvgIpc) is 3.07. The predicted molar refractivity (Wildman–Crippen MR) is 101 cm³/mol. The van der Waals surface area contributed by atoms with Gasteiger partial charge < -0.3 is 9.15 Å². The minimum absolute atomic E-state index is 0.338. The van der Waals surface area contributed by atoms with Gasteiger partial charge in [-0.3, -0.25) is 0 Å². The van der Waals surface area contributed by atoms with Gasteiger partial charge in [-0.2, -0.15) is 0 Å². The smallest absolute Gasteiger partial charge is 0.227 e. The Morgan fingerprint density at radius 1 is 0.880 bits per heavy atom. The number of benzene rings is 3. The van der Waals surface area contributed by atoms with Gasteiger partial charge in [-0.1, -0.05) is 42.5 Å².